The molecule has 0 aromatic carbocycles. The minimum absolute atomic E-state index is 0.0269. The smallest absolute Gasteiger partial charge is 0.321 e. The van der Waals surface area contributed by atoms with E-state index in [0.717, 1.165) is 44.5 Å². The topological polar surface area (TPSA) is 54.5 Å². The number of nitrogens with one attached hydrogen (secondary N) is 1. The second-order valence-electron chi connectivity index (χ2n) is 5.89. The summed E-state index contributed by atoms with van der Waals surface area (Å²) in [6.07, 6.45) is 10.1. The van der Waals surface area contributed by atoms with Crippen LogP contribution in [0.1, 0.15) is 44.9 Å². The van der Waals surface area contributed by atoms with Gasteiger partial charge in [-0.3, -0.25) is 0 Å². The van der Waals surface area contributed by atoms with Crippen molar-refractivity contribution in [2.75, 3.05) is 18.4 Å². The van der Waals surface area contributed by atoms with Gasteiger partial charge in [0.15, 0.2) is 0 Å². The second kappa shape index (κ2) is 6.78. The van der Waals surface area contributed by atoms with Gasteiger partial charge in [-0.25, -0.2) is 9.78 Å². The van der Waals surface area contributed by atoms with E-state index in [1.807, 2.05) is 17.0 Å². The molecule has 1 aliphatic heterocycles. The highest BCUT2D eigenvalue weighted by Crippen LogP contribution is 2.23. The number of carbonyl (C=O) groups excluding carboxylic acids is 1. The normalized spacial score (nSPS) is 19.5. The summed E-state index contributed by atoms with van der Waals surface area (Å²) < 4.78 is 5.82. The molecule has 0 radical (unpaired) electrons. The van der Waals surface area contributed by atoms with Crippen LogP contribution in [0.15, 0.2) is 18.3 Å². The Morgan fingerprint density at radius 1 is 1.14 bits per heavy atom. The number of urea groups is 1. The van der Waals surface area contributed by atoms with Gasteiger partial charge in [-0.05, 0) is 51.0 Å². The Bertz CT molecular complexity index is 463. The maximum atomic E-state index is 12.1. The standard InChI is InChI=1S/C16H23N3O2/c20-16(19-10-4-1-5-11-19)18-13-8-9-15(17-12-13)21-14-6-2-3-7-14/h8-9,12,14H,1-7,10-11H2,(H,18,20). The molecule has 0 unspecified atom stereocenters. The van der Waals surface area contributed by atoms with Gasteiger partial charge < -0.3 is 15.0 Å². The first-order valence-corrected chi connectivity index (χ1v) is 8.00. The molecule has 0 spiro atoms. The molecule has 1 N–H and O–H groups in total. The van der Waals surface area contributed by atoms with E-state index in [4.69, 9.17) is 4.74 Å². The van der Waals surface area contributed by atoms with Crippen molar-refractivity contribution in [2.45, 2.75) is 51.0 Å². The Labute approximate surface area is 125 Å². The minimum atomic E-state index is -0.0269. The first-order valence-electron chi connectivity index (χ1n) is 8.00. The Kier molecular flexibility index (Phi) is 4.58. The van der Waals surface area contributed by atoms with Crippen molar-refractivity contribution >= 4 is 11.7 Å². The quantitative estimate of drug-likeness (QED) is 0.927. The second-order valence-corrected chi connectivity index (χ2v) is 5.89. The molecule has 1 saturated heterocycles. The number of nitrogens with zero attached hydrogens (tertiary/aromatic N) is 2. The van der Waals surface area contributed by atoms with Crippen molar-refractivity contribution in [1.82, 2.24) is 9.88 Å². The van der Waals surface area contributed by atoms with Crippen LogP contribution >= 0.6 is 0 Å². The van der Waals surface area contributed by atoms with Crippen molar-refractivity contribution < 1.29 is 9.53 Å². The van der Waals surface area contributed by atoms with E-state index in [2.05, 4.69) is 10.3 Å². The van der Waals surface area contributed by atoms with Crippen molar-refractivity contribution in [3.63, 3.8) is 0 Å². The maximum absolute atomic E-state index is 12.1. The van der Waals surface area contributed by atoms with E-state index in [1.165, 1.54) is 19.3 Å². The molecular weight excluding hydrogens is 266 g/mol. The van der Waals surface area contributed by atoms with Crippen LogP contribution in [0.2, 0.25) is 0 Å². The zero-order valence-electron chi connectivity index (χ0n) is 12.4. The summed E-state index contributed by atoms with van der Waals surface area (Å²) in [5.74, 6) is 0.651. The number of hydrogen-bond acceptors (Lipinski definition) is 3. The van der Waals surface area contributed by atoms with Crippen LogP contribution in [0, 0.1) is 0 Å². The number of likely N-dealkylation sites (tertiary alicyclic amines) is 1. The maximum Gasteiger partial charge on any atom is 0.321 e. The van der Waals surface area contributed by atoms with Gasteiger partial charge in [0, 0.05) is 19.2 Å². The third-order valence-corrected chi connectivity index (χ3v) is 4.22. The minimum Gasteiger partial charge on any atom is -0.474 e. The van der Waals surface area contributed by atoms with Crippen LogP contribution in [-0.2, 0) is 0 Å². The average molecular weight is 289 g/mol. The number of rotatable bonds is 3. The van der Waals surface area contributed by atoms with Gasteiger partial charge in [0.25, 0.3) is 0 Å². The summed E-state index contributed by atoms with van der Waals surface area (Å²) >= 11 is 0. The third kappa shape index (κ3) is 3.86. The molecule has 114 valence electrons. The van der Waals surface area contributed by atoms with Gasteiger partial charge in [-0.2, -0.15) is 0 Å². The largest absolute Gasteiger partial charge is 0.474 e. The molecule has 2 fully saturated rings. The number of piperidine rings is 1. The monoisotopic (exact) mass is 289 g/mol. The lowest BCUT2D eigenvalue weighted by molar-refractivity contribution is 0.199. The SMILES string of the molecule is O=C(Nc1ccc(OC2CCCC2)nc1)N1CCCCC1. The van der Waals surface area contributed by atoms with Gasteiger partial charge in [-0.15, -0.1) is 0 Å². The summed E-state index contributed by atoms with van der Waals surface area (Å²) in [6.45, 7) is 1.70. The molecule has 5 nitrogen and oxygen atoms in total. The predicted octanol–water partition coefficient (Wildman–Crippen LogP) is 3.42. The van der Waals surface area contributed by atoms with Crippen molar-refractivity contribution in [1.29, 1.82) is 0 Å². The van der Waals surface area contributed by atoms with Gasteiger partial charge in [0.2, 0.25) is 5.88 Å². The van der Waals surface area contributed by atoms with Crippen LogP contribution in [0.4, 0.5) is 10.5 Å². The van der Waals surface area contributed by atoms with Crippen LogP contribution in [-0.4, -0.2) is 35.1 Å². The van der Waals surface area contributed by atoms with Crippen molar-refractivity contribution in [3.8, 4) is 5.88 Å². The van der Waals surface area contributed by atoms with Gasteiger partial charge >= 0.3 is 6.03 Å². The molecule has 0 atom stereocenters. The van der Waals surface area contributed by atoms with Crippen molar-refractivity contribution in [3.05, 3.63) is 18.3 Å². The molecule has 2 aliphatic rings. The van der Waals surface area contributed by atoms with Crippen molar-refractivity contribution in [2.24, 2.45) is 0 Å². The molecule has 1 saturated carbocycles. The molecular formula is C16H23N3O2. The summed E-state index contributed by atoms with van der Waals surface area (Å²) in [7, 11) is 0. The van der Waals surface area contributed by atoms with E-state index >= 15 is 0 Å². The fraction of sp³-hybridized carbons (Fsp3) is 0.625. The number of aromatic nitrogens is 1. The molecule has 21 heavy (non-hydrogen) atoms. The Morgan fingerprint density at radius 3 is 2.57 bits per heavy atom. The van der Waals surface area contributed by atoms with Gasteiger partial charge in [0.05, 0.1) is 11.9 Å². The summed E-state index contributed by atoms with van der Waals surface area (Å²) in [4.78, 5) is 18.2. The van der Waals surface area contributed by atoms with Crippen LogP contribution in [0.25, 0.3) is 0 Å². The molecule has 1 aromatic heterocycles. The van der Waals surface area contributed by atoms with E-state index in [-0.39, 0.29) is 6.03 Å². The fourth-order valence-corrected chi connectivity index (χ4v) is 3.00. The fourth-order valence-electron chi connectivity index (χ4n) is 3.00. The average Bonchev–Trinajstić information content (AvgIpc) is 3.03. The van der Waals surface area contributed by atoms with Crippen LogP contribution < -0.4 is 10.1 Å². The van der Waals surface area contributed by atoms with Crippen LogP contribution in [0.5, 0.6) is 5.88 Å². The van der Waals surface area contributed by atoms with Gasteiger partial charge in [-0.1, -0.05) is 0 Å². The first-order chi connectivity index (χ1) is 10.3. The lowest BCUT2D eigenvalue weighted by atomic mass is 10.1. The zero-order valence-corrected chi connectivity index (χ0v) is 12.4. The molecule has 1 aliphatic carbocycles. The summed E-state index contributed by atoms with van der Waals surface area (Å²) in [5.41, 5.74) is 0.726. The number of carbonyl (C=O) groups is 1. The van der Waals surface area contributed by atoms with E-state index in [0.29, 0.717) is 12.0 Å². The highest BCUT2D eigenvalue weighted by Gasteiger charge is 2.18. The number of hydrogen-bond donors (Lipinski definition) is 1. The molecule has 2 amide bonds. The Balaban J connectivity index is 1.52. The highest BCUT2D eigenvalue weighted by atomic mass is 16.5. The third-order valence-electron chi connectivity index (χ3n) is 4.22. The van der Waals surface area contributed by atoms with E-state index in [9.17, 15) is 4.79 Å². The molecule has 2 heterocycles. The van der Waals surface area contributed by atoms with E-state index in [1.54, 1.807) is 6.20 Å². The number of anilines is 1. The Hall–Kier alpha value is -1.78. The number of amides is 2. The zero-order chi connectivity index (χ0) is 14.5. The molecule has 5 heteroatoms. The van der Waals surface area contributed by atoms with Gasteiger partial charge in [0.1, 0.15) is 6.10 Å². The molecule has 1 aromatic rings. The number of ether oxygens (including phenoxy) is 1. The lowest BCUT2D eigenvalue weighted by Gasteiger charge is -2.26. The molecule has 0 bridgehead atoms. The lowest BCUT2D eigenvalue weighted by Crippen LogP contribution is -2.38. The summed E-state index contributed by atoms with van der Waals surface area (Å²) in [5, 5.41) is 2.90. The number of pyridine rings is 1. The first kappa shape index (κ1) is 14.2. The van der Waals surface area contributed by atoms with Crippen LogP contribution in [0.3, 0.4) is 0 Å². The summed E-state index contributed by atoms with van der Waals surface area (Å²) in [6, 6.07) is 3.67. The molecule has 3 rings (SSSR count). The Morgan fingerprint density at radius 2 is 1.90 bits per heavy atom. The van der Waals surface area contributed by atoms with E-state index < -0.39 is 0 Å². The highest BCUT2D eigenvalue weighted by molar-refractivity contribution is 5.89. The predicted molar refractivity (Wildman–Crippen MR) is 81.6 cm³/mol.